The van der Waals surface area contributed by atoms with Gasteiger partial charge in [-0.1, -0.05) is 0 Å². The van der Waals surface area contributed by atoms with Crippen LogP contribution in [0.4, 0.5) is 0 Å². The Morgan fingerprint density at radius 2 is 1.62 bits per heavy atom. The molecule has 0 rings (SSSR count). The van der Waals surface area contributed by atoms with Crippen LogP contribution in [0.3, 0.4) is 0 Å². The van der Waals surface area contributed by atoms with Gasteiger partial charge in [-0.15, -0.1) is 0 Å². The van der Waals surface area contributed by atoms with Crippen LogP contribution in [0.5, 0.6) is 0 Å². The molecule has 0 aromatic carbocycles. The highest BCUT2D eigenvalue weighted by Crippen LogP contribution is 2.00. The van der Waals surface area contributed by atoms with Gasteiger partial charge in [0.05, 0.1) is 26.4 Å². The first-order valence-electron chi connectivity index (χ1n) is 4.50. The lowest BCUT2D eigenvalue weighted by Gasteiger charge is -2.14. The summed E-state index contributed by atoms with van der Waals surface area (Å²) in [6.07, 6.45) is 0.869. The van der Waals surface area contributed by atoms with Crippen LogP contribution in [-0.4, -0.2) is 52.5 Å². The second-order valence-electron chi connectivity index (χ2n) is 2.55. The predicted octanol–water partition coefficient (Wildman–Crippen LogP) is -1.43. The summed E-state index contributed by atoms with van der Waals surface area (Å²) in [5.74, 6) is 0. The smallest absolute Gasteiger partial charge is 0.321 e. The number of aliphatic hydroxyl groups is 2. The van der Waals surface area contributed by atoms with Crippen molar-refractivity contribution in [3.8, 4) is 0 Å². The molecule has 0 spiro atoms. The van der Waals surface area contributed by atoms with Gasteiger partial charge in [-0.3, -0.25) is 0 Å². The van der Waals surface area contributed by atoms with Gasteiger partial charge < -0.3 is 24.8 Å². The Morgan fingerprint density at radius 3 is 2.00 bits per heavy atom. The zero-order chi connectivity index (χ0) is 9.94. The fraction of sp³-hybridized carbons (Fsp3) is 1.00. The summed E-state index contributed by atoms with van der Waals surface area (Å²) >= 11 is 0. The molecule has 0 aromatic heterocycles. The maximum absolute atomic E-state index is 8.53. The molecule has 5 nitrogen and oxygen atoms in total. The standard InChI is InChI=1S/C7H19NO4Si/c8-2-1-7-13(11-5-3-9)12-6-4-10/h9-10,13H,1-8H2. The van der Waals surface area contributed by atoms with Gasteiger partial charge in [-0.05, 0) is 19.0 Å². The molecule has 0 aliphatic rings. The minimum Gasteiger partial charge on any atom is -0.394 e. The first kappa shape index (κ1) is 13.0. The molecule has 0 saturated heterocycles. The zero-order valence-corrected chi connectivity index (χ0v) is 8.97. The molecule has 0 aromatic rings. The van der Waals surface area contributed by atoms with E-state index in [2.05, 4.69) is 0 Å². The lowest BCUT2D eigenvalue weighted by atomic mass is 10.5. The van der Waals surface area contributed by atoms with Crippen LogP contribution in [0.25, 0.3) is 0 Å². The van der Waals surface area contributed by atoms with Crippen LogP contribution in [0.1, 0.15) is 6.42 Å². The summed E-state index contributed by atoms with van der Waals surface area (Å²) in [7, 11) is -1.69. The number of hydrogen-bond donors (Lipinski definition) is 3. The lowest BCUT2D eigenvalue weighted by Crippen LogP contribution is -2.26. The van der Waals surface area contributed by atoms with Crippen molar-refractivity contribution in [2.24, 2.45) is 5.73 Å². The van der Waals surface area contributed by atoms with E-state index in [4.69, 9.17) is 24.8 Å². The van der Waals surface area contributed by atoms with Gasteiger partial charge >= 0.3 is 9.28 Å². The van der Waals surface area contributed by atoms with Crippen molar-refractivity contribution in [3.05, 3.63) is 0 Å². The van der Waals surface area contributed by atoms with E-state index in [1.54, 1.807) is 0 Å². The third kappa shape index (κ3) is 8.35. The van der Waals surface area contributed by atoms with Crippen LogP contribution in [0, 0.1) is 0 Å². The first-order valence-corrected chi connectivity index (χ1v) is 6.26. The largest absolute Gasteiger partial charge is 0.394 e. The summed E-state index contributed by atoms with van der Waals surface area (Å²) in [5, 5.41) is 17.1. The molecule has 0 heterocycles. The molecule has 0 bridgehead atoms. The van der Waals surface area contributed by atoms with Gasteiger partial charge in [0.25, 0.3) is 0 Å². The topological polar surface area (TPSA) is 84.9 Å². The highest BCUT2D eigenvalue weighted by molar-refractivity contribution is 6.44. The predicted molar refractivity (Wildman–Crippen MR) is 51.7 cm³/mol. The van der Waals surface area contributed by atoms with Crippen molar-refractivity contribution in [2.75, 3.05) is 33.0 Å². The van der Waals surface area contributed by atoms with E-state index in [1.807, 2.05) is 0 Å². The van der Waals surface area contributed by atoms with E-state index in [9.17, 15) is 0 Å². The van der Waals surface area contributed by atoms with Gasteiger partial charge in [-0.25, -0.2) is 0 Å². The van der Waals surface area contributed by atoms with Crippen molar-refractivity contribution < 1.29 is 19.1 Å². The Labute approximate surface area is 80.3 Å². The second-order valence-corrected chi connectivity index (χ2v) is 4.65. The number of rotatable bonds is 9. The van der Waals surface area contributed by atoms with Crippen LogP contribution < -0.4 is 5.73 Å². The third-order valence-electron chi connectivity index (χ3n) is 1.43. The number of hydrogen-bond acceptors (Lipinski definition) is 5. The molecule has 6 heteroatoms. The molecule has 0 fully saturated rings. The van der Waals surface area contributed by atoms with Crippen LogP contribution >= 0.6 is 0 Å². The van der Waals surface area contributed by atoms with Crippen molar-refractivity contribution in [1.82, 2.24) is 0 Å². The summed E-state index contributed by atoms with van der Waals surface area (Å²) in [4.78, 5) is 0. The quantitative estimate of drug-likeness (QED) is 0.406. The second kappa shape index (κ2) is 10.1. The van der Waals surface area contributed by atoms with E-state index in [-0.39, 0.29) is 13.2 Å². The lowest BCUT2D eigenvalue weighted by molar-refractivity contribution is 0.132. The SMILES string of the molecule is NCCC[SiH](OCCO)OCCO. The molecule has 0 aliphatic carbocycles. The summed E-state index contributed by atoms with van der Waals surface area (Å²) in [6, 6.07) is 0.830. The van der Waals surface area contributed by atoms with Gasteiger partial charge in [0.2, 0.25) is 0 Å². The van der Waals surface area contributed by atoms with E-state index < -0.39 is 9.28 Å². The number of nitrogens with two attached hydrogens (primary N) is 1. The molecule has 0 atom stereocenters. The van der Waals surface area contributed by atoms with Crippen molar-refractivity contribution in [2.45, 2.75) is 12.5 Å². The van der Waals surface area contributed by atoms with Crippen molar-refractivity contribution in [3.63, 3.8) is 0 Å². The fourth-order valence-electron chi connectivity index (χ4n) is 0.868. The van der Waals surface area contributed by atoms with Crippen molar-refractivity contribution >= 4 is 9.28 Å². The minimum atomic E-state index is -1.69. The first-order chi connectivity index (χ1) is 6.35. The summed E-state index contributed by atoms with van der Waals surface area (Å²) in [5.41, 5.74) is 5.35. The van der Waals surface area contributed by atoms with E-state index in [0.29, 0.717) is 19.8 Å². The van der Waals surface area contributed by atoms with Crippen molar-refractivity contribution in [1.29, 1.82) is 0 Å². The van der Waals surface area contributed by atoms with E-state index in [0.717, 1.165) is 12.5 Å². The molecule has 0 unspecified atom stereocenters. The summed E-state index contributed by atoms with van der Waals surface area (Å²) in [6.45, 7) is 1.26. The van der Waals surface area contributed by atoms with Crippen LogP contribution in [0.15, 0.2) is 0 Å². The fourth-order valence-corrected chi connectivity index (χ4v) is 2.60. The third-order valence-corrected chi connectivity index (χ3v) is 3.53. The van der Waals surface area contributed by atoms with Gasteiger partial charge in [0, 0.05) is 0 Å². The number of aliphatic hydroxyl groups excluding tert-OH is 2. The minimum absolute atomic E-state index is 0.00854. The average Bonchev–Trinajstić information content (AvgIpc) is 2.17. The molecule has 0 saturated carbocycles. The van der Waals surface area contributed by atoms with Gasteiger partial charge in [0.15, 0.2) is 0 Å². The molecule has 0 aliphatic heterocycles. The van der Waals surface area contributed by atoms with Gasteiger partial charge in [-0.2, -0.15) is 0 Å². The highest BCUT2D eigenvalue weighted by Gasteiger charge is 2.11. The Morgan fingerprint density at radius 1 is 1.08 bits per heavy atom. The molecule has 4 N–H and O–H groups in total. The maximum Gasteiger partial charge on any atom is 0.321 e. The highest BCUT2D eigenvalue weighted by atomic mass is 28.3. The molecule has 80 valence electrons. The Hall–Kier alpha value is 0.0169. The van der Waals surface area contributed by atoms with Crippen LogP contribution in [0.2, 0.25) is 6.04 Å². The Bertz CT molecular complexity index is 87.5. The van der Waals surface area contributed by atoms with Gasteiger partial charge in [0.1, 0.15) is 0 Å². The summed E-state index contributed by atoms with van der Waals surface area (Å²) < 4.78 is 10.6. The zero-order valence-electron chi connectivity index (χ0n) is 7.82. The van der Waals surface area contributed by atoms with E-state index in [1.165, 1.54) is 0 Å². The average molecular weight is 209 g/mol. The molecular weight excluding hydrogens is 190 g/mol. The molecular formula is C7H19NO4Si. The Balaban J connectivity index is 3.47. The molecule has 13 heavy (non-hydrogen) atoms. The Kier molecular flexibility index (Phi) is 10.1. The monoisotopic (exact) mass is 209 g/mol. The maximum atomic E-state index is 8.53. The molecule has 0 radical (unpaired) electrons. The van der Waals surface area contributed by atoms with E-state index >= 15 is 0 Å². The normalized spacial score (nSPS) is 11.1. The molecule has 0 amide bonds. The van der Waals surface area contributed by atoms with Crippen LogP contribution in [-0.2, 0) is 8.85 Å².